The number of carbonyl (C=O) groups is 1. The molecule has 5 nitrogen and oxygen atoms in total. The number of alkyl halides is 3. The van der Waals surface area contributed by atoms with Crippen LogP contribution in [-0.2, 0) is 36.9 Å². The molecule has 1 unspecified atom stereocenters. The van der Waals surface area contributed by atoms with Gasteiger partial charge < -0.3 is 9.64 Å². The van der Waals surface area contributed by atoms with Gasteiger partial charge in [-0.1, -0.05) is 31.6 Å². The number of likely N-dealkylation sites (tertiary alicyclic amines) is 1. The summed E-state index contributed by atoms with van der Waals surface area (Å²) in [6, 6.07) is 7.48. The molecule has 0 N–H and O–H groups in total. The number of carbonyl (C=O) groups excluding carboxylic acids is 1. The Bertz CT molecular complexity index is 1240. The third-order valence-electron chi connectivity index (χ3n) is 8.38. The first-order chi connectivity index (χ1) is 17.7. The van der Waals surface area contributed by atoms with Crippen molar-refractivity contribution in [2.45, 2.75) is 64.2 Å². The number of amides is 1. The molecule has 0 radical (unpaired) electrons. The van der Waals surface area contributed by atoms with E-state index in [1.165, 1.54) is 17.2 Å². The van der Waals surface area contributed by atoms with Crippen LogP contribution in [0.25, 0.3) is 0 Å². The number of hydrogen-bond donors (Lipinski definition) is 0. The van der Waals surface area contributed by atoms with E-state index in [1.54, 1.807) is 4.90 Å². The molecule has 4 aliphatic rings. The molecule has 1 aromatic carbocycles. The number of hydrogen-bond acceptors (Lipinski definition) is 4. The van der Waals surface area contributed by atoms with E-state index in [1.807, 2.05) is 6.07 Å². The SMILES string of the molecule is C=C1CCc2cc(CN3CCC(CC4CC4)(C(=O)N4CCc5ncc(C(F)(F)F)cc5C4)C3)ccc2O1. The van der Waals surface area contributed by atoms with Gasteiger partial charge in [-0.2, -0.15) is 13.2 Å². The van der Waals surface area contributed by atoms with Gasteiger partial charge in [0.05, 0.1) is 16.7 Å². The summed E-state index contributed by atoms with van der Waals surface area (Å²) in [5.74, 6) is 2.36. The first-order valence-corrected chi connectivity index (χ1v) is 13.2. The van der Waals surface area contributed by atoms with Crippen molar-refractivity contribution < 1.29 is 22.7 Å². The van der Waals surface area contributed by atoms with Gasteiger partial charge in [0, 0.05) is 50.9 Å². The molecule has 2 aromatic rings. The maximum absolute atomic E-state index is 14.0. The van der Waals surface area contributed by atoms with E-state index in [9.17, 15) is 18.0 Å². The van der Waals surface area contributed by atoms with Crippen LogP contribution in [0, 0.1) is 11.3 Å². The molecule has 196 valence electrons. The normalized spacial score (nSPS) is 24.0. The van der Waals surface area contributed by atoms with Crippen LogP contribution in [0.5, 0.6) is 5.75 Å². The Morgan fingerprint density at radius 1 is 1.14 bits per heavy atom. The molecule has 1 saturated carbocycles. The Morgan fingerprint density at radius 3 is 2.76 bits per heavy atom. The highest BCUT2D eigenvalue weighted by Gasteiger charge is 2.49. The second-order valence-electron chi connectivity index (χ2n) is 11.3. The summed E-state index contributed by atoms with van der Waals surface area (Å²) >= 11 is 0. The molecule has 2 fully saturated rings. The Labute approximate surface area is 215 Å². The van der Waals surface area contributed by atoms with Gasteiger partial charge in [-0.15, -0.1) is 0 Å². The molecule has 4 heterocycles. The molecule has 6 rings (SSSR count). The number of rotatable bonds is 5. The van der Waals surface area contributed by atoms with Crippen molar-refractivity contribution >= 4 is 5.91 Å². The molecule has 0 spiro atoms. The number of aryl methyl sites for hydroxylation is 1. The maximum Gasteiger partial charge on any atom is 0.417 e. The van der Waals surface area contributed by atoms with Crippen LogP contribution in [-0.4, -0.2) is 40.3 Å². The van der Waals surface area contributed by atoms with Crippen LogP contribution in [0.4, 0.5) is 13.2 Å². The largest absolute Gasteiger partial charge is 0.462 e. The molecular formula is C29H32F3N3O2. The van der Waals surface area contributed by atoms with E-state index < -0.39 is 17.2 Å². The molecule has 0 bridgehead atoms. The van der Waals surface area contributed by atoms with Gasteiger partial charge in [-0.05, 0) is 60.5 Å². The number of pyridine rings is 1. The Balaban J connectivity index is 1.18. The average Bonchev–Trinajstić information content (AvgIpc) is 3.60. The molecule has 1 saturated heterocycles. The van der Waals surface area contributed by atoms with E-state index in [-0.39, 0.29) is 12.5 Å². The minimum atomic E-state index is -4.44. The Hall–Kier alpha value is -2.87. The molecule has 8 heteroatoms. The van der Waals surface area contributed by atoms with Gasteiger partial charge in [-0.25, -0.2) is 0 Å². The lowest BCUT2D eigenvalue weighted by Gasteiger charge is -2.37. The van der Waals surface area contributed by atoms with E-state index in [0.717, 1.165) is 69.3 Å². The number of nitrogens with zero attached hydrogens (tertiary/aromatic N) is 3. The average molecular weight is 512 g/mol. The highest BCUT2D eigenvalue weighted by Crippen LogP contribution is 2.47. The van der Waals surface area contributed by atoms with Crippen LogP contribution < -0.4 is 4.74 Å². The summed E-state index contributed by atoms with van der Waals surface area (Å²) in [6.45, 7) is 6.94. The third kappa shape index (κ3) is 5.00. The van der Waals surface area contributed by atoms with Crippen molar-refractivity contribution in [2.24, 2.45) is 11.3 Å². The molecule has 1 atom stereocenters. The summed E-state index contributed by atoms with van der Waals surface area (Å²) in [6.07, 6.45) is 2.69. The Morgan fingerprint density at radius 2 is 1.97 bits per heavy atom. The third-order valence-corrected chi connectivity index (χ3v) is 8.38. The van der Waals surface area contributed by atoms with Gasteiger partial charge in [0.15, 0.2) is 0 Å². The molecule has 1 aromatic heterocycles. The van der Waals surface area contributed by atoms with Crippen molar-refractivity contribution in [3.63, 3.8) is 0 Å². The second kappa shape index (κ2) is 9.15. The van der Waals surface area contributed by atoms with Crippen LogP contribution >= 0.6 is 0 Å². The number of benzene rings is 1. The monoisotopic (exact) mass is 511 g/mol. The highest BCUT2D eigenvalue weighted by atomic mass is 19.4. The quantitative estimate of drug-likeness (QED) is 0.531. The first-order valence-electron chi connectivity index (χ1n) is 13.2. The van der Waals surface area contributed by atoms with Crippen molar-refractivity contribution in [3.8, 4) is 5.75 Å². The maximum atomic E-state index is 14.0. The van der Waals surface area contributed by atoms with Crippen molar-refractivity contribution in [2.75, 3.05) is 19.6 Å². The summed E-state index contributed by atoms with van der Waals surface area (Å²) in [5.41, 5.74) is 2.37. The number of fused-ring (bicyclic) bond motifs is 2. The zero-order valence-electron chi connectivity index (χ0n) is 20.9. The second-order valence-corrected chi connectivity index (χ2v) is 11.3. The van der Waals surface area contributed by atoms with Gasteiger partial charge in [0.2, 0.25) is 5.91 Å². The molecule has 3 aliphatic heterocycles. The van der Waals surface area contributed by atoms with E-state index in [0.29, 0.717) is 36.7 Å². The molecule has 37 heavy (non-hydrogen) atoms. The predicted molar refractivity (Wildman–Crippen MR) is 133 cm³/mol. The van der Waals surface area contributed by atoms with Gasteiger partial charge in [-0.3, -0.25) is 14.7 Å². The summed E-state index contributed by atoms with van der Waals surface area (Å²) in [7, 11) is 0. The van der Waals surface area contributed by atoms with Crippen molar-refractivity contribution in [3.05, 3.63) is 70.7 Å². The van der Waals surface area contributed by atoms with Crippen LogP contribution in [0.3, 0.4) is 0 Å². The fraction of sp³-hybridized carbons (Fsp3) is 0.517. The lowest BCUT2D eigenvalue weighted by Crippen LogP contribution is -2.47. The van der Waals surface area contributed by atoms with Crippen LogP contribution in [0.15, 0.2) is 42.8 Å². The lowest BCUT2D eigenvalue weighted by atomic mass is 9.79. The van der Waals surface area contributed by atoms with E-state index >= 15 is 0 Å². The van der Waals surface area contributed by atoms with E-state index in [2.05, 4.69) is 28.6 Å². The number of halogens is 3. The number of ether oxygens (including phenoxy) is 1. The fourth-order valence-electron chi connectivity index (χ4n) is 6.25. The number of allylic oxidation sites excluding steroid dienone is 1. The zero-order chi connectivity index (χ0) is 25.8. The zero-order valence-corrected chi connectivity index (χ0v) is 20.9. The van der Waals surface area contributed by atoms with Crippen LogP contribution in [0.1, 0.15) is 60.1 Å². The summed E-state index contributed by atoms with van der Waals surface area (Å²) in [5, 5.41) is 0. The minimum absolute atomic E-state index is 0.0994. The van der Waals surface area contributed by atoms with Crippen LogP contribution in [0.2, 0.25) is 0 Å². The standard InChI is InChI=1S/C29H32F3N3O2/c1-19-2-6-22-12-21(5-7-26(22)37-19)16-34-11-9-28(18-34,14-20-3-4-20)27(36)35-10-8-25-23(17-35)13-24(15-33-25)29(30,31)32/h5,7,12-13,15,20H,1-4,6,8-11,14,16-18H2. The highest BCUT2D eigenvalue weighted by molar-refractivity contribution is 5.83. The molecule has 1 aliphatic carbocycles. The topological polar surface area (TPSA) is 45.7 Å². The lowest BCUT2D eigenvalue weighted by molar-refractivity contribution is -0.143. The summed E-state index contributed by atoms with van der Waals surface area (Å²) in [4.78, 5) is 22.3. The number of aromatic nitrogens is 1. The van der Waals surface area contributed by atoms with Crippen molar-refractivity contribution in [1.82, 2.24) is 14.8 Å². The van der Waals surface area contributed by atoms with Gasteiger partial charge in [0.25, 0.3) is 0 Å². The Kier molecular flexibility index (Phi) is 6.05. The van der Waals surface area contributed by atoms with Crippen molar-refractivity contribution in [1.29, 1.82) is 0 Å². The predicted octanol–water partition coefficient (Wildman–Crippen LogP) is 5.52. The fourth-order valence-corrected chi connectivity index (χ4v) is 6.25. The van der Waals surface area contributed by atoms with E-state index in [4.69, 9.17) is 4.74 Å². The first kappa shape index (κ1) is 24.5. The summed E-state index contributed by atoms with van der Waals surface area (Å²) < 4.78 is 45.6. The van der Waals surface area contributed by atoms with Gasteiger partial charge >= 0.3 is 6.18 Å². The molecular weight excluding hydrogens is 479 g/mol. The smallest absolute Gasteiger partial charge is 0.417 e. The minimum Gasteiger partial charge on any atom is -0.462 e. The van der Waals surface area contributed by atoms with Gasteiger partial charge in [0.1, 0.15) is 5.75 Å². The molecule has 1 amide bonds.